The smallest absolute Gasteiger partial charge is 0.238 e. The molecule has 1 aromatic carbocycles. The SMILES string of the molecule is COCc1cc(F)cc(S(N)(=O)=O)c1. The molecule has 0 aliphatic carbocycles. The molecule has 14 heavy (non-hydrogen) atoms. The molecule has 1 rings (SSSR count). The first kappa shape index (κ1) is 11.1. The van der Waals surface area contributed by atoms with Gasteiger partial charge in [0.25, 0.3) is 0 Å². The Labute approximate surface area is 81.5 Å². The van der Waals surface area contributed by atoms with Crippen molar-refractivity contribution in [3.05, 3.63) is 29.6 Å². The van der Waals surface area contributed by atoms with Gasteiger partial charge in [0.1, 0.15) is 5.82 Å². The number of sulfonamides is 1. The Kier molecular flexibility index (Phi) is 3.20. The van der Waals surface area contributed by atoms with Crippen molar-refractivity contribution in [2.75, 3.05) is 7.11 Å². The highest BCUT2D eigenvalue weighted by Gasteiger charge is 2.10. The maximum absolute atomic E-state index is 12.9. The number of benzene rings is 1. The van der Waals surface area contributed by atoms with Gasteiger partial charge in [-0.05, 0) is 23.8 Å². The minimum Gasteiger partial charge on any atom is -0.380 e. The van der Waals surface area contributed by atoms with Gasteiger partial charge in [0.05, 0.1) is 11.5 Å². The van der Waals surface area contributed by atoms with Crippen LogP contribution >= 0.6 is 0 Å². The molecule has 2 N–H and O–H groups in total. The Morgan fingerprint density at radius 3 is 2.57 bits per heavy atom. The Balaban J connectivity index is 3.21. The summed E-state index contributed by atoms with van der Waals surface area (Å²) in [6, 6.07) is 3.34. The van der Waals surface area contributed by atoms with Gasteiger partial charge in [0.2, 0.25) is 10.0 Å². The quantitative estimate of drug-likeness (QED) is 0.810. The molecule has 0 radical (unpaired) electrons. The number of nitrogens with two attached hydrogens (primary N) is 1. The third-order valence-corrected chi connectivity index (χ3v) is 2.46. The Hall–Kier alpha value is -0.980. The molecule has 0 amide bonds. The summed E-state index contributed by atoms with van der Waals surface area (Å²) in [6.45, 7) is 0.139. The third kappa shape index (κ3) is 2.76. The second kappa shape index (κ2) is 4.04. The fourth-order valence-corrected chi connectivity index (χ4v) is 1.63. The first-order chi connectivity index (χ1) is 6.43. The zero-order valence-electron chi connectivity index (χ0n) is 7.53. The summed E-state index contributed by atoms with van der Waals surface area (Å²) in [4.78, 5) is -0.246. The van der Waals surface area contributed by atoms with Crippen LogP contribution in [-0.4, -0.2) is 15.5 Å². The van der Waals surface area contributed by atoms with Gasteiger partial charge in [-0.2, -0.15) is 0 Å². The van der Waals surface area contributed by atoms with Gasteiger partial charge in [-0.3, -0.25) is 0 Å². The van der Waals surface area contributed by atoms with Crippen molar-refractivity contribution in [1.82, 2.24) is 0 Å². The zero-order valence-corrected chi connectivity index (χ0v) is 8.34. The molecular weight excluding hydrogens is 209 g/mol. The molecule has 1 aromatic rings. The molecule has 6 heteroatoms. The summed E-state index contributed by atoms with van der Waals surface area (Å²) in [7, 11) is -2.43. The molecule has 0 saturated heterocycles. The van der Waals surface area contributed by atoms with E-state index < -0.39 is 15.8 Å². The van der Waals surface area contributed by atoms with Crippen LogP contribution in [0.2, 0.25) is 0 Å². The largest absolute Gasteiger partial charge is 0.380 e. The van der Waals surface area contributed by atoms with Gasteiger partial charge in [-0.25, -0.2) is 17.9 Å². The highest BCUT2D eigenvalue weighted by molar-refractivity contribution is 7.89. The molecule has 0 saturated carbocycles. The van der Waals surface area contributed by atoms with Crippen molar-refractivity contribution in [2.24, 2.45) is 5.14 Å². The number of hydrogen-bond acceptors (Lipinski definition) is 3. The van der Waals surface area contributed by atoms with Gasteiger partial charge >= 0.3 is 0 Å². The number of hydrogen-bond donors (Lipinski definition) is 1. The van der Waals surface area contributed by atoms with E-state index in [1.54, 1.807) is 0 Å². The predicted octanol–water partition coefficient (Wildman–Crippen LogP) is 0.620. The van der Waals surface area contributed by atoms with Crippen LogP contribution in [0.3, 0.4) is 0 Å². The van der Waals surface area contributed by atoms with Crippen molar-refractivity contribution >= 4 is 10.0 Å². The van der Waals surface area contributed by atoms with Gasteiger partial charge in [-0.15, -0.1) is 0 Å². The molecule has 78 valence electrons. The lowest BCUT2D eigenvalue weighted by Gasteiger charge is -2.03. The minimum absolute atomic E-state index is 0.139. The molecular formula is C8H10FNO3S. The van der Waals surface area contributed by atoms with Crippen LogP contribution < -0.4 is 5.14 Å². The van der Waals surface area contributed by atoms with Crippen LogP contribution in [-0.2, 0) is 21.4 Å². The number of rotatable bonds is 3. The zero-order chi connectivity index (χ0) is 10.8. The van der Waals surface area contributed by atoms with Gasteiger partial charge in [0.15, 0.2) is 0 Å². The van der Waals surface area contributed by atoms with Crippen LogP contribution in [0.5, 0.6) is 0 Å². The Morgan fingerprint density at radius 2 is 2.07 bits per heavy atom. The second-order valence-electron chi connectivity index (χ2n) is 2.77. The van der Waals surface area contributed by atoms with E-state index in [0.717, 1.165) is 6.07 Å². The Morgan fingerprint density at radius 1 is 1.43 bits per heavy atom. The van der Waals surface area contributed by atoms with Crippen molar-refractivity contribution in [3.8, 4) is 0 Å². The predicted molar refractivity (Wildman–Crippen MR) is 48.5 cm³/mol. The van der Waals surface area contributed by atoms with Gasteiger partial charge < -0.3 is 4.74 Å². The van der Waals surface area contributed by atoms with E-state index in [1.807, 2.05) is 0 Å². The molecule has 0 aliphatic heterocycles. The lowest BCUT2D eigenvalue weighted by atomic mass is 10.2. The standard InChI is InChI=1S/C8H10FNO3S/c1-13-5-6-2-7(9)4-8(3-6)14(10,11)12/h2-4H,5H2,1H3,(H2,10,11,12). The van der Waals surface area contributed by atoms with E-state index in [0.29, 0.717) is 5.56 Å². The molecule has 0 atom stereocenters. The van der Waals surface area contributed by atoms with E-state index in [9.17, 15) is 12.8 Å². The lowest BCUT2D eigenvalue weighted by Crippen LogP contribution is -2.12. The summed E-state index contributed by atoms with van der Waals surface area (Å²) in [5, 5.41) is 4.86. The molecule has 0 fully saturated rings. The first-order valence-corrected chi connectivity index (χ1v) is 5.29. The molecule has 0 spiro atoms. The normalized spacial score (nSPS) is 11.6. The highest BCUT2D eigenvalue weighted by Crippen LogP contribution is 2.13. The highest BCUT2D eigenvalue weighted by atomic mass is 32.2. The van der Waals surface area contributed by atoms with Crippen LogP contribution in [0.25, 0.3) is 0 Å². The third-order valence-electron chi connectivity index (χ3n) is 1.57. The van der Waals surface area contributed by atoms with Crippen molar-refractivity contribution in [1.29, 1.82) is 0 Å². The summed E-state index contributed by atoms with van der Waals surface area (Å²) in [5.41, 5.74) is 0.427. The maximum atomic E-state index is 12.9. The molecule has 0 aliphatic rings. The van der Waals surface area contributed by atoms with Crippen molar-refractivity contribution in [3.63, 3.8) is 0 Å². The second-order valence-corrected chi connectivity index (χ2v) is 4.33. The molecule has 0 bridgehead atoms. The van der Waals surface area contributed by atoms with E-state index >= 15 is 0 Å². The van der Waals surface area contributed by atoms with Gasteiger partial charge in [-0.1, -0.05) is 0 Å². The molecule has 0 unspecified atom stereocenters. The van der Waals surface area contributed by atoms with Crippen LogP contribution in [0.15, 0.2) is 23.1 Å². The lowest BCUT2D eigenvalue weighted by molar-refractivity contribution is 0.184. The molecule has 4 nitrogen and oxygen atoms in total. The number of methoxy groups -OCH3 is 1. The molecule has 0 heterocycles. The minimum atomic E-state index is -3.86. The molecule has 0 aromatic heterocycles. The number of halogens is 1. The Bertz CT molecular complexity index is 430. The number of primary sulfonamides is 1. The van der Waals surface area contributed by atoms with E-state index in [1.165, 1.54) is 19.2 Å². The van der Waals surface area contributed by atoms with Crippen LogP contribution in [0.1, 0.15) is 5.56 Å². The van der Waals surface area contributed by atoms with E-state index in [2.05, 4.69) is 0 Å². The number of ether oxygens (including phenoxy) is 1. The topological polar surface area (TPSA) is 69.4 Å². The van der Waals surface area contributed by atoms with Crippen LogP contribution in [0, 0.1) is 5.82 Å². The maximum Gasteiger partial charge on any atom is 0.238 e. The monoisotopic (exact) mass is 219 g/mol. The van der Waals surface area contributed by atoms with Crippen molar-refractivity contribution < 1.29 is 17.5 Å². The van der Waals surface area contributed by atoms with Crippen LogP contribution in [0.4, 0.5) is 4.39 Å². The van der Waals surface area contributed by atoms with Gasteiger partial charge in [0, 0.05) is 7.11 Å². The fraction of sp³-hybridized carbons (Fsp3) is 0.250. The first-order valence-electron chi connectivity index (χ1n) is 3.74. The fourth-order valence-electron chi connectivity index (χ4n) is 1.04. The summed E-state index contributed by atoms with van der Waals surface area (Å²) >= 11 is 0. The average molecular weight is 219 g/mol. The summed E-state index contributed by atoms with van der Waals surface area (Å²) < 4.78 is 39.5. The van der Waals surface area contributed by atoms with E-state index in [-0.39, 0.29) is 11.5 Å². The van der Waals surface area contributed by atoms with E-state index in [4.69, 9.17) is 9.88 Å². The van der Waals surface area contributed by atoms with Crippen molar-refractivity contribution in [2.45, 2.75) is 11.5 Å². The summed E-state index contributed by atoms with van der Waals surface area (Å²) in [5.74, 6) is -0.649. The average Bonchev–Trinajstić information content (AvgIpc) is 2.02. The summed E-state index contributed by atoms with van der Waals surface area (Å²) in [6.07, 6.45) is 0.